The Hall–Kier alpha value is -1.40. The molecule has 6 heteroatoms. The Bertz CT molecular complexity index is 532. The molecule has 0 bridgehead atoms. The second-order valence-electron chi connectivity index (χ2n) is 4.82. The zero-order chi connectivity index (χ0) is 13.8. The van der Waals surface area contributed by atoms with Crippen LogP contribution in [0.4, 0.5) is 0 Å². The minimum Gasteiger partial charge on any atom is -0.457 e. The second kappa shape index (κ2) is 6.16. The van der Waals surface area contributed by atoms with Crippen LogP contribution in [0.15, 0.2) is 12.4 Å². The molecule has 0 aliphatic heterocycles. The van der Waals surface area contributed by atoms with E-state index in [4.69, 9.17) is 4.74 Å². The first kappa shape index (κ1) is 14.0. The lowest BCUT2D eigenvalue weighted by molar-refractivity contribution is 0.280. The van der Waals surface area contributed by atoms with Crippen molar-refractivity contribution in [3.63, 3.8) is 0 Å². The molecule has 0 saturated carbocycles. The number of hydrogen-bond acceptors (Lipinski definition) is 5. The van der Waals surface area contributed by atoms with E-state index in [9.17, 15) is 0 Å². The van der Waals surface area contributed by atoms with E-state index in [0.717, 1.165) is 6.54 Å². The van der Waals surface area contributed by atoms with Crippen LogP contribution in [0.3, 0.4) is 0 Å². The second-order valence-corrected chi connectivity index (χ2v) is 6.16. The van der Waals surface area contributed by atoms with Crippen LogP contribution in [-0.4, -0.2) is 20.8 Å². The highest BCUT2D eigenvalue weighted by atomic mass is 32.1. The van der Waals surface area contributed by atoms with Gasteiger partial charge in [-0.25, -0.2) is 0 Å². The molecule has 0 spiro atoms. The Balaban J connectivity index is 1.93. The first-order valence-electron chi connectivity index (χ1n) is 6.34. The summed E-state index contributed by atoms with van der Waals surface area (Å²) in [4.78, 5) is 6.67. The summed E-state index contributed by atoms with van der Waals surface area (Å²) < 4.78 is 7.21. The van der Waals surface area contributed by atoms with Crippen molar-refractivity contribution < 1.29 is 4.74 Å². The molecule has 2 aromatic heterocycles. The quantitative estimate of drug-likeness (QED) is 0.882. The molecule has 0 radical (unpaired) electrons. The molecule has 104 valence electrons. The predicted octanol–water partition coefficient (Wildman–Crippen LogP) is 2.26. The lowest BCUT2D eigenvalue weighted by Crippen LogP contribution is -2.21. The fourth-order valence-corrected chi connectivity index (χ4v) is 2.65. The summed E-state index contributed by atoms with van der Waals surface area (Å²) in [5, 5.41) is 7.52. The van der Waals surface area contributed by atoms with Crippen LogP contribution in [-0.2, 0) is 20.2 Å². The maximum atomic E-state index is 5.58. The molecular weight excluding hydrogens is 260 g/mol. The van der Waals surface area contributed by atoms with Gasteiger partial charge in [-0.2, -0.15) is 4.98 Å². The van der Waals surface area contributed by atoms with Gasteiger partial charge in [0.15, 0.2) is 0 Å². The van der Waals surface area contributed by atoms with Crippen molar-refractivity contribution in [1.29, 1.82) is 0 Å². The van der Waals surface area contributed by atoms with E-state index in [1.165, 1.54) is 15.3 Å². The highest BCUT2D eigenvalue weighted by molar-refractivity contribution is 7.12. The molecule has 0 saturated heterocycles. The summed E-state index contributed by atoms with van der Waals surface area (Å²) in [6, 6.07) is 3.12. The average molecular weight is 280 g/mol. The Morgan fingerprint density at radius 1 is 1.47 bits per heavy atom. The molecule has 0 unspecified atom stereocenters. The maximum absolute atomic E-state index is 5.58. The molecule has 1 N–H and O–H groups in total. The average Bonchev–Trinajstić information content (AvgIpc) is 2.90. The van der Waals surface area contributed by atoms with Crippen molar-refractivity contribution >= 4 is 11.3 Å². The largest absolute Gasteiger partial charge is 0.457 e. The van der Waals surface area contributed by atoms with Gasteiger partial charge in [-0.05, 0) is 13.0 Å². The minimum absolute atomic E-state index is 0.426. The standard InChI is InChI=1S/C13H20N4OS/c1-9(2)14-6-12-5-11(10(3)19-12)7-18-13-15-8-17(4)16-13/h5,8-9,14H,6-7H2,1-4H3. The summed E-state index contributed by atoms with van der Waals surface area (Å²) in [5.41, 5.74) is 1.21. The van der Waals surface area contributed by atoms with Crippen molar-refractivity contribution in [3.05, 3.63) is 27.7 Å². The number of hydrogen-bond donors (Lipinski definition) is 1. The van der Waals surface area contributed by atoms with Crippen molar-refractivity contribution in [1.82, 2.24) is 20.1 Å². The van der Waals surface area contributed by atoms with Crippen LogP contribution in [0.25, 0.3) is 0 Å². The number of ether oxygens (including phenoxy) is 1. The topological polar surface area (TPSA) is 52.0 Å². The first-order valence-corrected chi connectivity index (χ1v) is 7.16. The predicted molar refractivity (Wildman–Crippen MR) is 76.4 cm³/mol. The highest BCUT2D eigenvalue weighted by Crippen LogP contribution is 2.22. The maximum Gasteiger partial charge on any atom is 0.335 e. The zero-order valence-electron chi connectivity index (χ0n) is 11.8. The smallest absolute Gasteiger partial charge is 0.335 e. The van der Waals surface area contributed by atoms with Gasteiger partial charge in [-0.3, -0.25) is 4.68 Å². The van der Waals surface area contributed by atoms with Crippen LogP contribution >= 0.6 is 11.3 Å². The van der Waals surface area contributed by atoms with E-state index < -0.39 is 0 Å². The third kappa shape index (κ3) is 4.04. The van der Waals surface area contributed by atoms with Crippen LogP contribution < -0.4 is 10.1 Å². The van der Waals surface area contributed by atoms with Crippen molar-refractivity contribution in [2.45, 2.75) is 40.0 Å². The van der Waals surface area contributed by atoms with Gasteiger partial charge < -0.3 is 10.1 Å². The molecule has 0 atom stereocenters. The van der Waals surface area contributed by atoms with E-state index in [0.29, 0.717) is 18.7 Å². The number of nitrogens with one attached hydrogen (secondary N) is 1. The Kier molecular flexibility index (Phi) is 4.55. The fourth-order valence-electron chi connectivity index (χ4n) is 1.65. The molecule has 0 aliphatic rings. The van der Waals surface area contributed by atoms with Crippen molar-refractivity contribution in [2.24, 2.45) is 7.05 Å². The Morgan fingerprint density at radius 3 is 2.89 bits per heavy atom. The van der Waals surface area contributed by atoms with Gasteiger partial charge in [0.05, 0.1) is 0 Å². The molecule has 2 heterocycles. The van der Waals surface area contributed by atoms with Gasteiger partial charge in [0.25, 0.3) is 0 Å². The summed E-state index contributed by atoms with van der Waals surface area (Å²) in [6.45, 7) is 7.85. The summed E-state index contributed by atoms with van der Waals surface area (Å²) in [5.74, 6) is 0. The number of nitrogens with zero attached hydrogens (tertiary/aromatic N) is 3. The van der Waals surface area contributed by atoms with Gasteiger partial charge >= 0.3 is 6.01 Å². The summed E-state index contributed by atoms with van der Waals surface area (Å²) in [6.07, 6.45) is 1.63. The van der Waals surface area contributed by atoms with E-state index in [-0.39, 0.29) is 0 Å². The lowest BCUT2D eigenvalue weighted by Gasteiger charge is -2.05. The summed E-state index contributed by atoms with van der Waals surface area (Å²) in [7, 11) is 1.82. The number of rotatable bonds is 6. The van der Waals surface area contributed by atoms with E-state index in [2.05, 4.69) is 42.2 Å². The van der Waals surface area contributed by atoms with E-state index in [1.54, 1.807) is 11.0 Å². The fraction of sp³-hybridized carbons (Fsp3) is 0.538. The van der Waals surface area contributed by atoms with Crippen LogP contribution in [0.5, 0.6) is 6.01 Å². The van der Waals surface area contributed by atoms with E-state index in [1.807, 2.05) is 18.4 Å². The van der Waals surface area contributed by atoms with Crippen molar-refractivity contribution in [3.8, 4) is 6.01 Å². The minimum atomic E-state index is 0.426. The monoisotopic (exact) mass is 280 g/mol. The molecule has 0 aromatic carbocycles. The van der Waals surface area contributed by atoms with Gasteiger partial charge in [-0.15, -0.1) is 16.4 Å². The Morgan fingerprint density at radius 2 is 2.26 bits per heavy atom. The molecule has 0 fully saturated rings. The molecule has 2 rings (SSSR count). The Labute approximate surface area is 117 Å². The van der Waals surface area contributed by atoms with Crippen LogP contribution in [0, 0.1) is 6.92 Å². The van der Waals surface area contributed by atoms with Crippen LogP contribution in [0.1, 0.15) is 29.2 Å². The van der Waals surface area contributed by atoms with E-state index >= 15 is 0 Å². The van der Waals surface area contributed by atoms with Crippen molar-refractivity contribution in [2.75, 3.05) is 0 Å². The highest BCUT2D eigenvalue weighted by Gasteiger charge is 2.08. The number of thiophene rings is 1. The third-order valence-electron chi connectivity index (χ3n) is 2.69. The molecule has 19 heavy (non-hydrogen) atoms. The van der Waals surface area contributed by atoms with Gasteiger partial charge in [0, 0.05) is 35.0 Å². The first-order chi connectivity index (χ1) is 9.04. The molecule has 0 aliphatic carbocycles. The number of aryl methyl sites for hydroxylation is 2. The molecule has 0 amide bonds. The van der Waals surface area contributed by atoms with Gasteiger partial charge in [0.1, 0.15) is 12.9 Å². The van der Waals surface area contributed by atoms with Gasteiger partial charge in [-0.1, -0.05) is 13.8 Å². The normalized spacial score (nSPS) is 11.2. The molecule has 2 aromatic rings. The number of aromatic nitrogens is 3. The molecular formula is C13H20N4OS. The third-order valence-corrected chi connectivity index (χ3v) is 3.78. The SMILES string of the molecule is Cc1sc(CNC(C)C)cc1COc1ncn(C)n1. The summed E-state index contributed by atoms with van der Waals surface area (Å²) >= 11 is 1.81. The van der Waals surface area contributed by atoms with Gasteiger partial charge in [0.2, 0.25) is 0 Å². The lowest BCUT2D eigenvalue weighted by atomic mass is 10.2. The zero-order valence-corrected chi connectivity index (χ0v) is 12.6. The molecule has 5 nitrogen and oxygen atoms in total. The van der Waals surface area contributed by atoms with Crippen LogP contribution in [0.2, 0.25) is 0 Å².